The minimum absolute atomic E-state index is 0.00888. The largest absolute Gasteiger partial charge is 0.459 e. The number of nitrogens with one attached hydrogen (secondary N) is 1. The number of carbonyl (C=O) groups excluding carboxylic acids is 2. The van der Waals surface area contributed by atoms with Gasteiger partial charge in [-0.2, -0.15) is 0 Å². The number of aliphatic hydroxyl groups excluding tert-OH is 1. The van der Waals surface area contributed by atoms with Gasteiger partial charge < -0.3 is 49.8 Å². The fourth-order valence-corrected chi connectivity index (χ4v) is 9.05. The van der Waals surface area contributed by atoms with Crippen molar-refractivity contribution in [2.24, 2.45) is 29.4 Å². The van der Waals surface area contributed by atoms with Gasteiger partial charge in [0.1, 0.15) is 23.9 Å². The van der Waals surface area contributed by atoms with Crippen molar-refractivity contribution in [1.82, 2.24) is 10.2 Å². The van der Waals surface area contributed by atoms with Gasteiger partial charge >= 0.3 is 12.1 Å². The summed E-state index contributed by atoms with van der Waals surface area (Å²) in [5.41, 5.74) is 4.32. The van der Waals surface area contributed by atoms with E-state index in [4.69, 9.17) is 29.4 Å². The molecule has 48 heavy (non-hydrogen) atoms. The van der Waals surface area contributed by atoms with Crippen LogP contribution < -0.4 is 11.1 Å². The number of hydrogen-bond donors (Lipinski definition) is 4. The second-order valence-corrected chi connectivity index (χ2v) is 16.1. The van der Waals surface area contributed by atoms with E-state index >= 15 is 0 Å². The molecule has 0 aromatic carbocycles. The normalized spacial score (nSPS) is 46.6. The van der Waals surface area contributed by atoms with E-state index in [2.05, 4.69) is 5.32 Å². The van der Waals surface area contributed by atoms with E-state index in [1.807, 2.05) is 60.5 Å². The smallest absolute Gasteiger partial charge is 0.407 e. The van der Waals surface area contributed by atoms with Gasteiger partial charge in [0.05, 0.1) is 29.8 Å². The second-order valence-electron chi connectivity index (χ2n) is 16.1. The molecule has 3 saturated heterocycles. The van der Waals surface area contributed by atoms with Gasteiger partial charge in [0.15, 0.2) is 6.29 Å². The molecule has 3 heterocycles. The van der Waals surface area contributed by atoms with E-state index < -0.39 is 71.8 Å². The van der Waals surface area contributed by atoms with Crippen molar-refractivity contribution in [1.29, 1.82) is 0 Å². The van der Waals surface area contributed by atoms with Gasteiger partial charge in [0.2, 0.25) is 0 Å². The minimum atomic E-state index is -1.54. The van der Waals surface area contributed by atoms with Crippen molar-refractivity contribution < 1.29 is 43.5 Å². The number of likely N-dealkylation sites (N-methyl/N-ethyl adjacent to an activating group) is 1. The van der Waals surface area contributed by atoms with Gasteiger partial charge in [0.25, 0.3) is 0 Å². The first-order valence-electron chi connectivity index (χ1n) is 18.4. The molecule has 1 unspecified atom stereocenters. The molecule has 4 rings (SSSR count). The Labute approximate surface area is 288 Å². The van der Waals surface area contributed by atoms with Crippen LogP contribution in [0.2, 0.25) is 0 Å². The summed E-state index contributed by atoms with van der Waals surface area (Å²) in [5.74, 6) is -2.50. The summed E-state index contributed by atoms with van der Waals surface area (Å²) in [6, 6.07) is -0.682. The Morgan fingerprint density at radius 1 is 1.08 bits per heavy atom. The number of aliphatic hydroxyl groups is 2. The van der Waals surface area contributed by atoms with Gasteiger partial charge in [-0.15, -0.1) is 0 Å². The van der Waals surface area contributed by atoms with Gasteiger partial charge in [-0.1, -0.05) is 47.0 Å². The van der Waals surface area contributed by atoms with Crippen LogP contribution in [-0.4, -0.2) is 114 Å². The Morgan fingerprint density at radius 3 is 2.33 bits per heavy atom. The number of esters is 1. The van der Waals surface area contributed by atoms with Crippen LogP contribution in [-0.2, 0) is 28.5 Å². The maximum atomic E-state index is 14.0. The maximum absolute atomic E-state index is 14.0. The maximum Gasteiger partial charge on any atom is 0.407 e. The minimum Gasteiger partial charge on any atom is -0.459 e. The van der Waals surface area contributed by atoms with E-state index in [0.717, 1.165) is 32.1 Å². The van der Waals surface area contributed by atoms with Crippen molar-refractivity contribution in [2.45, 2.75) is 179 Å². The SMILES string of the molecule is CC[C@H]1OC(=O)[C@H](C)[C@@H](OC(=O)NC2CCCCC2)[C@H](C)[C@@H](O[C@@H]2O[C@H](C)C[C@H](N(C)C)[C@H]2O)[C@@](C)(O)C[C@@H](C)[C@@H]2OC1(C)[C@@H](N)[C@H]2C. The molecule has 0 aromatic heterocycles. The summed E-state index contributed by atoms with van der Waals surface area (Å²) in [6.07, 6.45) is 0.260. The zero-order valence-corrected chi connectivity index (χ0v) is 31.0. The first-order chi connectivity index (χ1) is 22.4. The third-order valence-corrected chi connectivity index (χ3v) is 11.9. The molecule has 0 aromatic rings. The topological polar surface area (TPSA) is 162 Å². The third-order valence-electron chi connectivity index (χ3n) is 11.9. The Bertz CT molecular complexity index is 1090. The molecule has 278 valence electrons. The number of rotatable bonds is 6. The molecule has 0 radical (unpaired) electrons. The number of carbonyl (C=O) groups is 2. The highest BCUT2D eigenvalue weighted by Crippen LogP contribution is 2.45. The number of ether oxygens (including phenoxy) is 5. The van der Waals surface area contributed by atoms with Crippen LogP contribution in [0, 0.1) is 23.7 Å². The van der Waals surface area contributed by atoms with Crippen molar-refractivity contribution >= 4 is 12.1 Å². The molecule has 2 bridgehead atoms. The summed E-state index contributed by atoms with van der Waals surface area (Å²) in [4.78, 5) is 29.5. The molecule has 5 N–H and O–H groups in total. The summed E-state index contributed by atoms with van der Waals surface area (Å²) in [7, 11) is 3.80. The lowest BCUT2D eigenvalue weighted by molar-refractivity contribution is -0.299. The lowest BCUT2D eigenvalue weighted by Gasteiger charge is -2.47. The molecule has 4 fully saturated rings. The first-order valence-corrected chi connectivity index (χ1v) is 18.4. The quantitative estimate of drug-likeness (QED) is 0.302. The zero-order valence-electron chi connectivity index (χ0n) is 31.0. The van der Waals surface area contributed by atoms with Gasteiger partial charge in [-0.3, -0.25) is 4.79 Å². The Morgan fingerprint density at radius 2 is 1.73 bits per heavy atom. The van der Waals surface area contributed by atoms with E-state index in [1.54, 1.807) is 13.8 Å². The Balaban J connectivity index is 1.76. The number of hydrogen-bond acceptors (Lipinski definition) is 11. The molecule has 3 aliphatic heterocycles. The van der Waals surface area contributed by atoms with E-state index in [1.165, 1.54) is 0 Å². The van der Waals surface area contributed by atoms with E-state index in [-0.39, 0.29) is 42.5 Å². The van der Waals surface area contributed by atoms with E-state index in [0.29, 0.717) is 12.8 Å². The molecule has 12 nitrogen and oxygen atoms in total. The fourth-order valence-electron chi connectivity index (χ4n) is 9.05. The van der Waals surface area contributed by atoms with Crippen molar-refractivity contribution in [3.05, 3.63) is 0 Å². The summed E-state index contributed by atoms with van der Waals surface area (Å²) in [6.45, 7) is 15.0. The van der Waals surface area contributed by atoms with Gasteiger partial charge in [-0.05, 0) is 79.8 Å². The highest BCUT2D eigenvalue weighted by molar-refractivity contribution is 5.74. The molecular weight excluding hydrogens is 618 g/mol. The number of nitrogens with two attached hydrogens (primary N) is 1. The van der Waals surface area contributed by atoms with Crippen molar-refractivity contribution in [3.63, 3.8) is 0 Å². The summed E-state index contributed by atoms with van der Waals surface area (Å²) >= 11 is 0. The van der Waals surface area contributed by atoms with Gasteiger partial charge in [0, 0.05) is 30.0 Å². The number of fused-ring (bicyclic) bond motifs is 2. The number of nitrogens with zero attached hydrogens (tertiary/aromatic N) is 1. The van der Waals surface area contributed by atoms with Gasteiger partial charge in [-0.25, -0.2) is 4.79 Å². The molecule has 4 aliphatic rings. The molecule has 12 heteroatoms. The monoisotopic (exact) mass is 683 g/mol. The third kappa shape index (κ3) is 8.32. The second kappa shape index (κ2) is 15.8. The number of cyclic esters (lactones) is 1. The molecular formula is C36H65N3O9. The lowest BCUT2D eigenvalue weighted by Crippen LogP contribution is -2.59. The molecule has 1 saturated carbocycles. The average Bonchev–Trinajstić information content (AvgIpc) is 3.26. The molecule has 15 atom stereocenters. The standard InChI is InChI=1S/C36H65N3O9/c1-11-26-36(8)30(37)21(4)28(48-36)19(2)18-35(7,43)31(47-33-27(40)25(39(9)10)17-20(3)44-33)22(5)29(23(6)32(41)45-26)46-34(42)38-24-15-13-12-14-16-24/h19-31,33,40,43H,11-18,37H2,1-10H3,(H,38,42)/t19-,20-,21+,22+,23-,25+,26-,27-,28+,29+,30+,31-,33+,35+,36?/m1/s1. The molecule has 0 spiro atoms. The number of alkyl carbamates (subject to hydrolysis) is 1. The van der Waals surface area contributed by atoms with Crippen LogP contribution in [0.3, 0.4) is 0 Å². The van der Waals surface area contributed by atoms with Crippen molar-refractivity contribution in [3.8, 4) is 0 Å². The summed E-state index contributed by atoms with van der Waals surface area (Å²) < 4.78 is 31.9. The highest BCUT2D eigenvalue weighted by Gasteiger charge is 2.57. The number of amides is 1. The van der Waals surface area contributed by atoms with Crippen LogP contribution in [0.5, 0.6) is 0 Å². The van der Waals surface area contributed by atoms with Crippen LogP contribution in [0.1, 0.15) is 107 Å². The first kappa shape index (κ1) is 39.2. The Kier molecular flexibility index (Phi) is 12.9. The highest BCUT2D eigenvalue weighted by atomic mass is 16.7. The predicted octanol–water partition coefficient (Wildman–Crippen LogP) is 3.73. The van der Waals surface area contributed by atoms with Crippen molar-refractivity contribution in [2.75, 3.05) is 14.1 Å². The zero-order chi connectivity index (χ0) is 35.7. The predicted molar refractivity (Wildman–Crippen MR) is 181 cm³/mol. The van der Waals surface area contributed by atoms with Crippen LogP contribution in [0.15, 0.2) is 0 Å². The van der Waals surface area contributed by atoms with Crippen LogP contribution in [0.25, 0.3) is 0 Å². The average molecular weight is 684 g/mol. The van der Waals surface area contributed by atoms with Crippen LogP contribution >= 0.6 is 0 Å². The molecule has 1 amide bonds. The summed E-state index contributed by atoms with van der Waals surface area (Å²) in [5, 5.41) is 26.9. The van der Waals surface area contributed by atoms with Crippen LogP contribution in [0.4, 0.5) is 4.79 Å². The van der Waals surface area contributed by atoms with E-state index in [9.17, 15) is 19.8 Å². The molecule has 1 aliphatic carbocycles. The fraction of sp³-hybridized carbons (Fsp3) is 0.944. The Hall–Kier alpha value is -1.54. The lowest BCUT2D eigenvalue weighted by atomic mass is 9.75.